The first-order valence-electron chi connectivity index (χ1n) is 14.9. The molecule has 0 spiro atoms. The van der Waals surface area contributed by atoms with Crippen molar-refractivity contribution in [2.24, 2.45) is 0 Å². The zero-order chi connectivity index (χ0) is 26.2. The largest absolute Gasteiger partial charge is 0.341 e. The van der Waals surface area contributed by atoms with E-state index in [4.69, 9.17) is 11.6 Å². The van der Waals surface area contributed by atoms with E-state index in [2.05, 4.69) is 48.3 Å². The molecule has 2 aromatic rings. The molecule has 38 heavy (non-hydrogen) atoms. The van der Waals surface area contributed by atoms with Gasteiger partial charge >= 0.3 is 0 Å². The number of nitrogens with one attached hydrogen (secondary N) is 2. The summed E-state index contributed by atoms with van der Waals surface area (Å²) in [6, 6.07) is 9.40. The van der Waals surface area contributed by atoms with Crippen LogP contribution in [-0.2, 0) is 17.8 Å². The van der Waals surface area contributed by atoms with Crippen LogP contribution in [0.15, 0.2) is 43.0 Å². The van der Waals surface area contributed by atoms with Gasteiger partial charge in [-0.15, -0.1) is 0 Å². The van der Waals surface area contributed by atoms with E-state index < -0.39 is 0 Å². The molecule has 3 heterocycles. The number of hydrogen-bond donors (Lipinski definition) is 2. The molecule has 1 aliphatic carbocycles. The van der Waals surface area contributed by atoms with Gasteiger partial charge in [-0.3, -0.25) is 9.69 Å². The Morgan fingerprint density at radius 3 is 2.42 bits per heavy atom. The van der Waals surface area contributed by atoms with E-state index in [1.54, 1.807) is 0 Å². The number of amides is 1. The minimum atomic E-state index is -0.188. The fourth-order valence-electron chi connectivity index (χ4n) is 6.71. The zero-order valence-electron chi connectivity index (χ0n) is 22.7. The summed E-state index contributed by atoms with van der Waals surface area (Å²) >= 11 is 6.13. The number of nitrogens with zero attached hydrogens (tertiary/aromatic N) is 4. The standard InChI is InChI=1S/C30H45ClN6O/c31-25-8-6-24(7-9-25)22-29(34-26-10-14-32-15-11-26)30(38)36-17-12-28(13-18-36)37(27-4-2-1-3-5-27)21-20-35-19-16-33-23-35/h6-9,16,19,23,26-29,32,34H,1-5,10-15,17-18,20-22H2/t29-/m1/s1. The van der Waals surface area contributed by atoms with Crippen LogP contribution in [0.1, 0.15) is 63.4 Å². The first kappa shape index (κ1) is 27.6. The van der Waals surface area contributed by atoms with Crippen molar-refractivity contribution in [2.45, 2.75) is 94.9 Å². The molecule has 2 N–H and O–H groups in total. The molecule has 0 unspecified atom stereocenters. The van der Waals surface area contributed by atoms with E-state index in [-0.39, 0.29) is 11.9 Å². The molecule has 8 heteroatoms. The van der Waals surface area contributed by atoms with Gasteiger partial charge in [0.2, 0.25) is 5.91 Å². The Morgan fingerprint density at radius 1 is 1.03 bits per heavy atom. The molecule has 5 rings (SSSR count). The minimum absolute atomic E-state index is 0.188. The highest BCUT2D eigenvalue weighted by atomic mass is 35.5. The minimum Gasteiger partial charge on any atom is -0.341 e. The van der Waals surface area contributed by atoms with Gasteiger partial charge in [-0.2, -0.15) is 0 Å². The summed E-state index contributed by atoms with van der Waals surface area (Å²) in [5.74, 6) is 0.263. The Morgan fingerprint density at radius 2 is 1.74 bits per heavy atom. The second-order valence-corrected chi connectivity index (χ2v) is 11.9. The normalized spacial score (nSPS) is 21.2. The molecule has 2 saturated heterocycles. The number of rotatable bonds is 10. The van der Waals surface area contributed by atoms with E-state index >= 15 is 0 Å². The quantitative estimate of drug-likeness (QED) is 0.475. The Bertz CT molecular complexity index is 963. The number of imidazole rings is 1. The maximum absolute atomic E-state index is 13.9. The Hall–Kier alpha value is -1.93. The first-order valence-corrected chi connectivity index (χ1v) is 15.2. The summed E-state index contributed by atoms with van der Waals surface area (Å²) in [5.41, 5.74) is 1.16. The highest BCUT2D eigenvalue weighted by molar-refractivity contribution is 6.30. The molecule has 1 amide bonds. The van der Waals surface area contributed by atoms with Gasteiger partial charge in [-0.25, -0.2) is 4.98 Å². The predicted molar refractivity (Wildman–Crippen MR) is 153 cm³/mol. The lowest BCUT2D eigenvalue weighted by Gasteiger charge is -2.44. The summed E-state index contributed by atoms with van der Waals surface area (Å²) in [6.45, 7) is 5.78. The Balaban J connectivity index is 1.21. The summed E-state index contributed by atoms with van der Waals surface area (Å²) in [7, 11) is 0. The highest BCUT2D eigenvalue weighted by Crippen LogP contribution is 2.28. The van der Waals surface area contributed by atoms with E-state index in [1.807, 2.05) is 24.7 Å². The van der Waals surface area contributed by atoms with Gasteiger partial charge < -0.3 is 20.1 Å². The van der Waals surface area contributed by atoms with Crippen LogP contribution in [0, 0.1) is 0 Å². The van der Waals surface area contributed by atoms with Crippen LogP contribution in [0.4, 0.5) is 0 Å². The zero-order valence-corrected chi connectivity index (χ0v) is 23.5. The van der Waals surface area contributed by atoms with Gasteiger partial charge in [-0.05, 0) is 75.7 Å². The van der Waals surface area contributed by atoms with Gasteiger partial charge in [0.1, 0.15) is 0 Å². The fourth-order valence-corrected chi connectivity index (χ4v) is 6.84. The number of aromatic nitrogens is 2. The molecular weight excluding hydrogens is 496 g/mol. The second-order valence-electron chi connectivity index (χ2n) is 11.5. The molecule has 0 bridgehead atoms. The monoisotopic (exact) mass is 540 g/mol. The molecule has 0 radical (unpaired) electrons. The average molecular weight is 541 g/mol. The van der Waals surface area contributed by atoms with E-state index in [0.717, 1.165) is 75.5 Å². The van der Waals surface area contributed by atoms with Gasteiger partial charge in [-0.1, -0.05) is 43.0 Å². The van der Waals surface area contributed by atoms with Crippen molar-refractivity contribution in [3.8, 4) is 0 Å². The topological polar surface area (TPSA) is 65.4 Å². The van der Waals surface area contributed by atoms with Crippen molar-refractivity contribution < 1.29 is 4.79 Å². The second kappa shape index (κ2) is 13.9. The van der Waals surface area contributed by atoms with Crippen molar-refractivity contribution in [3.05, 3.63) is 53.6 Å². The van der Waals surface area contributed by atoms with Crippen LogP contribution < -0.4 is 10.6 Å². The lowest BCUT2D eigenvalue weighted by Crippen LogP contribution is -2.56. The first-order chi connectivity index (χ1) is 18.7. The lowest BCUT2D eigenvalue weighted by atomic mass is 9.91. The van der Waals surface area contributed by atoms with Crippen molar-refractivity contribution in [1.29, 1.82) is 0 Å². The molecule has 208 valence electrons. The van der Waals surface area contributed by atoms with Crippen molar-refractivity contribution in [2.75, 3.05) is 32.7 Å². The van der Waals surface area contributed by atoms with E-state index in [0.29, 0.717) is 24.5 Å². The van der Waals surface area contributed by atoms with Gasteiger partial charge in [0.05, 0.1) is 12.4 Å². The van der Waals surface area contributed by atoms with Crippen molar-refractivity contribution >= 4 is 17.5 Å². The third kappa shape index (κ3) is 7.59. The van der Waals surface area contributed by atoms with Gasteiger partial charge in [0.25, 0.3) is 0 Å². The van der Waals surface area contributed by atoms with Crippen LogP contribution in [0.5, 0.6) is 0 Å². The third-order valence-electron chi connectivity index (χ3n) is 8.89. The lowest BCUT2D eigenvalue weighted by molar-refractivity contribution is -0.135. The molecular formula is C30H45ClN6O. The molecule has 1 aromatic carbocycles. The summed E-state index contributed by atoms with van der Waals surface area (Å²) in [5, 5.41) is 7.93. The molecule has 1 atom stereocenters. The van der Waals surface area contributed by atoms with Crippen molar-refractivity contribution in [3.63, 3.8) is 0 Å². The number of halogens is 1. The average Bonchev–Trinajstić information content (AvgIpc) is 3.49. The van der Waals surface area contributed by atoms with Gasteiger partial charge in [0, 0.05) is 61.7 Å². The van der Waals surface area contributed by atoms with E-state index in [9.17, 15) is 4.79 Å². The van der Waals surface area contributed by atoms with Crippen LogP contribution in [-0.4, -0.2) is 82.1 Å². The molecule has 7 nitrogen and oxygen atoms in total. The van der Waals surface area contributed by atoms with Crippen LogP contribution in [0.25, 0.3) is 0 Å². The molecule has 2 aliphatic heterocycles. The fraction of sp³-hybridized carbons (Fsp3) is 0.667. The van der Waals surface area contributed by atoms with Crippen LogP contribution in [0.2, 0.25) is 5.02 Å². The number of hydrogen-bond acceptors (Lipinski definition) is 5. The number of piperidine rings is 2. The SMILES string of the molecule is O=C([C@@H](Cc1ccc(Cl)cc1)NC1CCNCC1)N1CCC(N(CCn2ccnc2)C2CCCCC2)CC1. The molecule has 1 saturated carbocycles. The Labute approximate surface area is 233 Å². The third-order valence-corrected chi connectivity index (χ3v) is 9.14. The van der Waals surface area contributed by atoms with Crippen LogP contribution >= 0.6 is 11.6 Å². The Kier molecular flexibility index (Phi) is 10.1. The molecule has 3 fully saturated rings. The maximum atomic E-state index is 13.9. The predicted octanol–water partition coefficient (Wildman–Crippen LogP) is 4.12. The van der Waals surface area contributed by atoms with Crippen molar-refractivity contribution in [1.82, 2.24) is 30.0 Å². The van der Waals surface area contributed by atoms with E-state index in [1.165, 1.54) is 32.1 Å². The van der Waals surface area contributed by atoms with Gasteiger partial charge in [0.15, 0.2) is 0 Å². The molecule has 1 aromatic heterocycles. The molecule has 3 aliphatic rings. The summed E-state index contributed by atoms with van der Waals surface area (Å²) in [4.78, 5) is 23.1. The number of carbonyl (C=O) groups is 1. The summed E-state index contributed by atoms with van der Waals surface area (Å²) in [6.07, 6.45) is 17.5. The number of likely N-dealkylation sites (tertiary alicyclic amines) is 1. The highest BCUT2D eigenvalue weighted by Gasteiger charge is 2.34. The smallest absolute Gasteiger partial charge is 0.240 e. The number of carbonyl (C=O) groups excluding carboxylic acids is 1. The maximum Gasteiger partial charge on any atom is 0.240 e. The van der Waals surface area contributed by atoms with Crippen LogP contribution in [0.3, 0.4) is 0 Å². The summed E-state index contributed by atoms with van der Waals surface area (Å²) < 4.78 is 2.20. The number of benzene rings is 1.